The summed E-state index contributed by atoms with van der Waals surface area (Å²) in [5.74, 6) is -0.692. The largest absolute Gasteiger partial charge is 0.459 e. The third-order valence-electron chi connectivity index (χ3n) is 4.53. The molecule has 1 aliphatic rings. The zero-order chi connectivity index (χ0) is 17.8. The molecule has 0 radical (unpaired) electrons. The molecule has 6 heteroatoms. The molecule has 1 aromatic heterocycles. The molecule has 1 fully saturated rings. The second-order valence-corrected chi connectivity index (χ2v) is 6.24. The van der Waals surface area contributed by atoms with Crippen LogP contribution in [0.3, 0.4) is 0 Å². The van der Waals surface area contributed by atoms with Crippen LogP contribution in [0.15, 0.2) is 47.1 Å². The van der Waals surface area contributed by atoms with Gasteiger partial charge in [-0.2, -0.15) is 0 Å². The number of likely N-dealkylation sites (tertiary alicyclic amines) is 1. The van der Waals surface area contributed by atoms with Crippen molar-refractivity contribution < 1.29 is 18.4 Å². The summed E-state index contributed by atoms with van der Waals surface area (Å²) >= 11 is 0. The molecule has 5 nitrogen and oxygen atoms in total. The highest BCUT2D eigenvalue weighted by atomic mass is 19.1. The number of carbonyl (C=O) groups is 2. The molecule has 0 unspecified atom stereocenters. The van der Waals surface area contributed by atoms with Crippen LogP contribution in [0.5, 0.6) is 0 Å². The highest BCUT2D eigenvalue weighted by Gasteiger charge is 2.34. The van der Waals surface area contributed by atoms with Gasteiger partial charge in [0.1, 0.15) is 11.9 Å². The third kappa shape index (κ3) is 3.73. The minimum absolute atomic E-state index is 0.224. The second kappa shape index (κ2) is 7.51. The number of halogens is 1. The van der Waals surface area contributed by atoms with Gasteiger partial charge in [-0.3, -0.25) is 9.59 Å². The van der Waals surface area contributed by atoms with E-state index in [-0.39, 0.29) is 23.4 Å². The number of nitrogens with zero attached hydrogens (tertiary/aromatic N) is 1. The van der Waals surface area contributed by atoms with Gasteiger partial charge in [0.15, 0.2) is 5.76 Å². The maximum Gasteiger partial charge on any atom is 0.290 e. The minimum Gasteiger partial charge on any atom is -0.459 e. The van der Waals surface area contributed by atoms with E-state index in [2.05, 4.69) is 5.32 Å². The van der Waals surface area contributed by atoms with Gasteiger partial charge >= 0.3 is 0 Å². The van der Waals surface area contributed by atoms with Crippen molar-refractivity contribution >= 4 is 11.8 Å². The van der Waals surface area contributed by atoms with E-state index in [1.54, 1.807) is 42.2 Å². The van der Waals surface area contributed by atoms with Crippen molar-refractivity contribution in [1.82, 2.24) is 10.2 Å². The molecule has 0 bridgehead atoms. The Morgan fingerprint density at radius 3 is 2.76 bits per heavy atom. The van der Waals surface area contributed by atoms with Crippen molar-refractivity contribution in [3.63, 3.8) is 0 Å². The molecule has 2 atom stereocenters. The molecule has 132 valence electrons. The number of furan rings is 1. The number of nitrogens with one attached hydrogen (secondary N) is 1. The quantitative estimate of drug-likeness (QED) is 0.926. The van der Waals surface area contributed by atoms with Crippen LogP contribution < -0.4 is 5.32 Å². The summed E-state index contributed by atoms with van der Waals surface area (Å²) in [6.07, 6.45) is 3.74. The fraction of sp³-hybridized carbons (Fsp3) is 0.368. The number of benzene rings is 1. The van der Waals surface area contributed by atoms with Crippen LogP contribution in [0.1, 0.15) is 48.3 Å². The lowest BCUT2D eigenvalue weighted by Gasteiger charge is -2.34. The molecule has 1 saturated heterocycles. The molecule has 1 aromatic carbocycles. The van der Waals surface area contributed by atoms with Crippen LogP contribution in [-0.2, 0) is 4.79 Å². The Hall–Kier alpha value is -2.63. The monoisotopic (exact) mass is 344 g/mol. The maximum atomic E-state index is 13.9. The molecule has 0 saturated carbocycles. The summed E-state index contributed by atoms with van der Waals surface area (Å²) in [5.41, 5.74) is 0.426. The summed E-state index contributed by atoms with van der Waals surface area (Å²) in [6, 6.07) is 8.54. The molecule has 2 heterocycles. The predicted molar refractivity (Wildman–Crippen MR) is 90.3 cm³/mol. The van der Waals surface area contributed by atoms with E-state index >= 15 is 0 Å². The number of amides is 2. The summed E-state index contributed by atoms with van der Waals surface area (Å²) in [5, 5.41) is 2.83. The molecule has 2 aromatic rings. The Labute approximate surface area is 145 Å². The van der Waals surface area contributed by atoms with E-state index in [1.165, 1.54) is 12.3 Å². The number of hydrogen-bond donors (Lipinski definition) is 1. The van der Waals surface area contributed by atoms with Gasteiger partial charge in [-0.1, -0.05) is 18.2 Å². The van der Waals surface area contributed by atoms with E-state index < -0.39 is 12.1 Å². The molecular weight excluding hydrogens is 323 g/mol. The van der Waals surface area contributed by atoms with Crippen molar-refractivity contribution in [2.24, 2.45) is 0 Å². The molecule has 1 N–H and O–H groups in total. The third-order valence-corrected chi connectivity index (χ3v) is 4.53. The Morgan fingerprint density at radius 2 is 2.04 bits per heavy atom. The molecule has 25 heavy (non-hydrogen) atoms. The fourth-order valence-corrected chi connectivity index (χ4v) is 3.20. The van der Waals surface area contributed by atoms with E-state index in [9.17, 15) is 14.0 Å². The summed E-state index contributed by atoms with van der Waals surface area (Å²) in [4.78, 5) is 26.8. The lowest BCUT2D eigenvalue weighted by Crippen LogP contribution is -2.52. The lowest BCUT2D eigenvalue weighted by molar-refractivity contribution is -0.127. The number of hydrogen-bond acceptors (Lipinski definition) is 3. The number of piperidine rings is 1. The first-order valence-corrected chi connectivity index (χ1v) is 8.47. The zero-order valence-electron chi connectivity index (χ0n) is 14.1. The summed E-state index contributed by atoms with van der Waals surface area (Å²) < 4.78 is 19.1. The van der Waals surface area contributed by atoms with Crippen LogP contribution in [-0.4, -0.2) is 29.3 Å². The van der Waals surface area contributed by atoms with Crippen molar-refractivity contribution in [3.05, 3.63) is 59.8 Å². The Morgan fingerprint density at radius 1 is 1.24 bits per heavy atom. The summed E-state index contributed by atoms with van der Waals surface area (Å²) in [6.45, 7) is 2.24. The van der Waals surface area contributed by atoms with Crippen LogP contribution >= 0.6 is 0 Å². The first kappa shape index (κ1) is 17.2. The average molecular weight is 344 g/mol. The fourth-order valence-electron chi connectivity index (χ4n) is 3.20. The zero-order valence-corrected chi connectivity index (χ0v) is 14.1. The van der Waals surface area contributed by atoms with Crippen LogP contribution in [0.25, 0.3) is 0 Å². The van der Waals surface area contributed by atoms with Crippen molar-refractivity contribution in [1.29, 1.82) is 0 Å². The van der Waals surface area contributed by atoms with Crippen LogP contribution in [0.4, 0.5) is 4.39 Å². The topological polar surface area (TPSA) is 62.6 Å². The van der Waals surface area contributed by atoms with Gasteiger partial charge < -0.3 is 14.6 Å². The minimum atomic E-state index is -0.569. The van der Waals surface area contributed by atoms with Gasteiger partial charge in [-0.05, 0) is 44.4 Å². The molecule has 0 aliphatic carbocycles. The van der Waals surface area contributed by atoms with Crippen molar-refractivity contribution in [3.8, 4) is 0 Å². The molecule has 2 amide bonds. The Kier molecular flexibility index (Phi) is 5.16. The number of carbonyl (C=O) groups excluding carboxylic acids is 2. The highest BCUT2D eigenvalue weighted by Crippen LogP contribution is 2.22. The normalized spacial score (nSPS) is 18.6. The lowest BCUT2D eigenvalue weighted by atomic mass is 10.00. The first-order valence-electron chi connectivity index (χ1n) is 8.47. The smallest absolute Gasteiger partial charge is 0.290 e. The highest BCUT2D eigenvalue weighted by molar-refractivity contribution is 5.95. The van der Waals surface area contributed by atoms with E-state index in [4.69, 9.17) is 4.42 Å². The van der Waals surface area contributed by atoms with E-state index in [0.717, 1.165) is 12.8 Å². The Balaban J connectivity index is 1.73. The van der Waals surface area contributed by atoms with Crippen molar-refractivity contribution in [2.45, 2.75) is 38.3 Å². The van der Waals surface area contributed by atoms with E-state index in [0.29, 0.717) is 18.5 Å². The van der Waals surface area contributed by atoms with Gasteiger partial charge in [0.2, 0.25) is 5.91 Å². The molecular formula is C19H21FN2O3. The van der Waals surface area contributed by atoms with Crippen molar-refractivity contribution in [2.75, 3.05) is 6.54 Å². The first-order chi connectivity index (χ1) is 12.1. The molecule has 0 spiro atoms. The van der Waals surface area contributed by atoms with Gasteiger partial charge in [0, 0.05) is 12.1 Å². The van der Waals surface area contributed by atoms with Crippen LogP contribution in [0, 0.1) is 5.82 Å². The maximum absolute atomic E-state index is 13.9. The van der Waals surface area contributed by atoms with Gasteiger partial charge in [0.25, 0.3) is 5.91 Å². The van der Waals surface area contributed by atoms with Gasteiger partial charge in [0.05, 0.1) is 12.3 Å². The summed E-state index contributed by atoms with van der Waals surface area (Å²) in [7, 11) is 0. The van der Waals surface area contributed by atoms with Crippen LogP contribution in [0.2, 0.25) is 0 Å². The molecule has 1 aliphatic heterocycles. The van der Waals surface area contributed by atoms with E-state index in [1.807, 2.05) is 0 Å². The Bertz CT molecular complexity index is 745. The van der Waals surface area contributed by atoms with Gasteiger partial charge in [-0.15, -0.1) is 0 Å². The average Bonchev–Trinajstić information content (AvgIpc) is 3.16. The second-order valence-electron chi connectivity index (χ2n) is 6.24. The standard InChI is InChI=1S/C19H21FN2O3/c1-13(14-7-2-3-8-15(14)20)21-18(23)16-9-4-5-11-22(16)19(24)17-10-6-12-25-17/h2-3,6-8,10,12-13,16H,4-5,9,11H2,1H3,(H,21,23)/t13-,16-/m0/s1. The number of rotatable bonds is 4. The molecule has 3 rings (SSSR count). The SMILES string of the molecule is C[C@H](NC(=O)[C@@H]1CCCCN1C(=O)c1ccco1)c1ccccc1F. The predicted octanol–water partition coefficient (Wildman–Crippen LogP) is 3.29. The van der Waals surface area contributed by atoms with Gasteiger partial charge in [-0.25, -0.2) is 4.39 Å².